The van der Waals surface area contributed by atoms with Gasteiger partial charge in [-0.2, -0.15) is 5.10 Å². The van der Waals surface area contributed by atoms with E-state index in [4.69, 9.17) is 20.4 Å². The van der Waals surface area contributed by atoms with Gasteiger partial charge in [-0.3, -0.25) is 4.68 Å². The third-order valence-corrected chi connectivity index (χ3v) is 4.96. The van der Waals surface area contributed by atoms with E-state index in [0.29, 0.717) is 19.0 Å². The predicted octanol–water partition coefficient (Wildman–Crippen LogP) is 1.91. The quantitative estimate of drug-likeness (QED) is 0.567. The Hall–Kier alpha value is -3.59. The van der Waals surface area contributed by atoms with Crippen LogP contribution in [0.5, 0.6) is 0 Å². The summed E-state index contributed by atoms with van der Waals surface area (Å²) in [5.74, 6) is 1.69. The van der Waals surface area contributed by atoms with Crippen LogP contribution in [0.2, 0.25) is 0 Å². The zero-order chi connectivity index (χ0) is 19.8. The van der Waals surface area contributed by atoms with E-state index in [1.807, 2.05) is 19.4 Å². The first-order valence-corrected chi connectivity index (χ1v) is 9.39. The molecule has 146 valence electrons. The normalized spacial score (nSPS) is 14.4. The zero-order valence-electron chi connectivity index (χ0n) is 16.0. The largest absolute Gasteiger partial charge is 0.378 e. The summed E-state index contributed by atoms with van der Waals surface area (Å²) < 4.78 is 7.30. The Morgan fingerprint density at radius 2 is 1.76 bits per heavy atom. The van der Waals surface area contributed by atoms with Crippen LogP contribution in [0.3, 0.4) is 0 Å². The highest BCUT2D eigenvalue weighted by Crippen LogP contribution is 2.31. The number of hydrogen-bond donors (Lipinski definition) is 1. The third-order valence-electron chi connectivity index (χ3n) is 4.96. The second-order valence-electron chi connectivity index (χ2n) is 6.93. The van der Waals surface area contributed by atoms with Crippen molar-refractivity contribution in [3.05, 3.63) is 43.0 Å². The topological polar surface area (TPSA) is 108 Å². The van der Waals surface area contributed by atoms with Crippen molar-refractivity contribution in [2.75, 3.05) is 36.9 Å². The fourth-order valence-corrected chi connectivity index (χ4v) is 3.46. The maximum atomic E-state index is 5.64. The molecule has 1 fully saturated rings. The van der Waals surface area contributed by atoms with Crippen LogP contribution in [-0.2, 0) is 11.8 Å². The summed E-state index contributed by atoms with van der Waals surface area (Å²) in [5.41, 5.74) is 9.31. The highest BCUT2D eigenvalue weighted by Gasteiger charge is 2.19. The van der Waals surface area contributed by atoms with Gasteiger partial charge in [-0.15, -0.1) is 0 Å². The molecule has 0 bridgehead atoms. The number of benzene rings is 1. The summed E-state index contributed by atoms with van der Waals surface area (Å²) in [6.45, 7) is 2.93. The lowest BCUT2D eigenvalue weighted by molar-refractivity contribution is 0.122. The molecule has 4 heterocycles. The number of nitrogen functional groups attached to an aromatic ring is 1. The van der Waals surface area contributed by atoms with E-state index in [1.165, 1.54) is 0 Å². The lowest BCUT2D eigenvalue weighted by atomic mass is 10.1. The minimum Gasteiger partial charge on any atom is -0.378 e. The maximum absolute atomic E-state index is 5.64. The van der Waals surface area contributed by atoms with Gasteiger partial charge in [0.2, 0.25) is 5.95 Å². The number of anilines is 2. The SMILES string of the molecule is Cn1cc(-c2ccc3c(N4CCOCC4)nc(-c4cnc(N)nc4)nc3c2)cn1. The molecule has 1 aliphatic rings. The van der Waals surface area contributed by atoms with Crippen LogP contribution in [0.15, 0.2) is 43.0 Å². The number of ether oxygens (including phenoxy) is 1. The number of nitrogens with two attached hydrogens (primary N) is 1. The molecule has 3 aromatic heterocycles. The second-order valence-corrected chi connectivity index (χ2v) is 6.93. The molecule has 29 heavy (non-hydrogen) atoms. The Bertz CT molecular complexity index is 1170. The van der Waals surface area contributed by atoms with Crippen molar-refractivity contribution >= 4 is 22.7 Å². The van der Waals surface area contributed by atoms with E-state index in [1.54, 1.807) is 17.1 Å². The van der Waals surface area contributed by atoms with Crippen LogP contribution in [0.25, 0.3) is 33.4 Å². The summed E-state index contributed by atoms with van der Waals surface area (Å²) in [4.78, 5) is 20.1. The molecule has 1 aromatic carbocycles. The molecule has 9 nitrogen and oxygen atoms in total. The Balaban J connectivity index is 1.68. The summed E-state index contributed by atoms with van der Waals surface area (Å²) in [7, 11) is 1.91. The molecule has 0 spiro atoms. The molecule has 5 rings (SSSR count). The molecular formula is C20H20N8O. The molecule has 0 atom stereocenters. The monoisotopic (exact) mass is 388 g/mol. The van der Waals surface area contributed by atoms with Crippen LogP contribution < -0.4 is 10.6 Å². The van der Waals surface area contributed by atoms with Crippen LogP contribution in [0.1, 0.15) is 0 Å². The molecule has 9 heteroatoms. The Morgan fingerprint density at radius 3 is 2.48 bits per heavy atom. The number of morpholine rings is 1. The van der Waals surface area contributed by atoms with E-state index in [2.05, 4.69) is 38.2 Å². The molecule has 0 amide bonds. The van der Waals surface area contributed by atoms with Gasteiger partial charge in [-0.1, -0.05) is 6.07 Å². The minimum atomic E-state index is 0.224. The van der Waals surface area contributed by atoms with Crippen molar-refractivity contribution in [1.82, 2.24) is 29.7 Å². The van der Waals surface area contributed by atoms with E-state index in [-0.39, 0.29) is 5.95 Å². The predicted molar refractivity (Wildman–Crippen MR) is 110 cm³/mol. The summed E-state index contributed by atoms with van der Waals surface area (Å²) in [6.07, 6.45) is 7.13. The number of aromatic nitrogens is 6. The zero-order valence-corrected chi connectivity index (χ0v) is 16.0. The summed E-state index contributed by atoms with van der Waals surface area (Å²) in [5, 5.41) is 5.27. The lowest BCUT2D eigenvalue weighted by Gasteiger charge is -2.29. The van der Waals surface area contributed by atoms with Gasteiger partial charge >= 0.3 is 0 Å². The Kier molecular flexibility index (Phi) is 4.28. The van der Waals surface area contributed by atoms with Gasteiger partial charge in [0, 0.05) is 49.7 Å². The summed E-state index contributed by atoms with van der Waals surface area (Å²) in [6, 6.07) is 6.23. The first kappa shape index (κ1) is 17.5. The van der Waals surface area contributed by atoms with Crippen molar-refractivity contribution in [3.63, 3.8) is 0 Å². The van der Waals surface area contributed by atoms with E-state index in [9.17, 15) is 0 Å². The molecule has 0 saturated carbocycles. The van der Waals surface area contributed by atoms with Gasteiger partial charge in [0.25, 0.3) is 0 Å². The Morgan fingerprint density at radius 1 is 0.966 bits per heavy atom. The highest BCUT2D eigenvalue weighted by molar-refractivity contribution is 5.93. The van der Waals surface area contributed by atoms with Crippen LogP contribution in [0.4, 0.5) is 11.8 Å². The minimum absolute atomic E-state index is 0.224. The number of aryl methyl sites for hydroxylation is 1. The van der Waals surface area contributed by atoms with Crippen molar-refractivity contribution in [2.24, 2.45) is 7.05 Å². The van der Waals surface area contributed by atoms with Gasteiger partial charge in [0.1, 0.15) is 5.82 Å². The van der Waals surface area contributed by atoms with Crippen molar-refractivity contribution in [3.8, 4) is 22.5 Å². The number of rotatable bonds is 3. The molecule has 2 N–H and O–H groups in total. The first-order chi connectivity index (χ1) is 14.2. The molecule has 0 unspecified atom stereocenters. The maximum Gasteiger partial charge on any atom is 0.219 e. The Labute approximate surface area is 167 Å². The van der Waals surface area contributed by atoms with Crippen molar-refractivity contribution in [1.29, 1.82) is 0 Å². The third kappa shape index (κ3) is 3.36. The van der Waals surface area contributed by atoms with E-state index >= 15 is 0 Å². The number of nitrogens with zero attached hydrogens (tertiary/aromatic N) is 7. The second kappa shape index (κ2) is 7.10. The molecule has 0 radical (unpaired) electrons. The lowest BCUT2D eigenvalue weighted by Crippen LogP contribution is -2.37. The first-order valence-electron chi connectivity index (χ1n) is 9.39. The van der Waals surface area contributed by atoms with Gasteiger partial charge in [-0.05, 0) is 17.7 Å². The van der Waals surface area contributed by atoms with E-state index < -0.39 is 0 Å². The summed E-state index contributed by atoms with van der Waals surface area (Å²) >= 11 is 0. The number of hydrogen-bond acceptors (Lipinski definition) is 8. The standard InChI is InChI=1S/C20H20N8O/c1-27-12-15(11-24-27)13-2-3-16-17(8-13)25-18(14-9-22-20(21)23-10-14)26-19(16)28-4-6-29-7-5-28/h2-3,8-12H,4-7H2,1H3,(H2,21,22,23). The van der Waals surface area contributed by atoms with Gasteiger partial charge in [-0.25, -0.2) is 19.9 Å². The molecule has 0 aliphatic carbocycles. The average Bonchev–Trinajstić information content (AvgIpc) is 3.20. The van der Waals surface area contributed by atoms with Crippen molar-refractivity contribution in [2.45, 2.75) is 0 Å². The highest BCUT2D eigenvalue weighted by atomic mass is 16.5. The molecule has 1 saturated heterocycles. The molecule has 1 aliphatic heterocycles. The fourth-order valence-electron chi connectivity index (χ4n) is 3.46. The van der Waals surface area contributed by atoms with Crippen LogP contribution in [0, 0.1) is 0 Å². The van der Waals surface area contributed by atoms with Crippen LogP contribution in [-0.4, -0.2) is 56.0 Å². The smallest absolute Gasteiger partial charge is 0.219 e. The fraction of sp³-hybridized carbons (Fsp3) is 0.250. The van der Waals surface area contributed by atoms with Gasteiger partial charge in [0.05, 0.1) is 30.5 Å². The van der Waals surface area contributed by atoms with Gasteiger partial charge < -0.3 is 15.4 Å². The number of fused-ring (bicyclic) bond motifs is 1. The molecule has 4 aromatic rings. The molecular weight excluding hydrogens is 368 g/mol. The van der Waals surface area contributed by atoms with Crippen LogP contribution >= 0.6 is 0 Å². The van der Waals surface area contributed by atoms with Gasteiger partial charge in [0.15, 0.2) is 5.82 Å². The van der Waals surface area contributed by atoms with Crippen molar-refractivity contribution < 1.29 is 4.74 Å². The average molecular weight is 388 g/mol. The van der Waals surface area contributed by atoms with E-state index in [0.717, 1.165) is 46.5 Å².